The molecule has 0 spiro atoms. The van der Waals surface area contributed by atoms with Gasteiger partial charge < -0.3 is 4.74 Å². The molecule has 3 heteroatoms. The van der Waals surface area contributed by atoms with Crippen molar-refractivity contribution in [3.05, 3.63) is 27.7 Å². The topological polar surface area (TPSA) is 9.23 Å². The molecule has 0 aliphatic carbocycles. The number of benzene rings is 1. The second kappa shape index (κ2) is 5.42. The highest BCUT2D eigenvalue weighted by Gasteiger charge is 2.23. The lowest BCUT2D eigenvalue weighted by Crippen LogP contribution is -2.06. The third kappa shape index (κ3) is 3.42. The molecule has 1 atom stereocenters. The van der Waals surface area contributed by atoms with Gasteiger partial charge in [-0.3, -0.25) is 0 Å². The Bertz CT molecular complexity index is 437. The van der Waals surface area contributed by atoms with Crippen molar-refractivity contribution >= 4 is 27.5 Å². The number of hydrogen-bond donors (Lipinski definition) is 0. The summed E-state index contributed by atoms with van der Waals surface area (Å²) in [5.74, 6) is 1.02. The first kappa shape index (κ1) is 14.2. The van der Waals surface area contributed by atoms with Crippen LogP contribution in [-0.4, -0.2) is 6.61 Å². The van der Waals surface area contributed by atoms with Crippen LogP contribution in [0, 0.1) is 5.41 Å². The molecule has 0 fully saturated rings. The van der Waals surface area contributed by atoms with Crippen molar-refractivity contribution in [3.8, 4) is 5.75 Å². The van der Waals surface area contributed by atoms with Crippen LogP contribution in [0.25, 0.3) is 0 Å². The van der Waals surface area contributed by atoms with E-state index in [1.807, 2.05) is 0 Å². The van der Waals surface area contributed by atoms with Gasteiger partial charge in [0.25, 0.3) is 0 Å². The summed E-state index contributed by atoms with van der Waals surface area (Å²) in [6, 6.07) is 4.24. The molecule has 0 N–H and O–H groups in total. The van der Waals surface area contributed by atoms with Gasteiger partial charge in [0.15, 0.2) is 0 Å². The third-order valence-corrected chi connectivity index (χ3v) is 4.17. The summed E-state index contributed by atoms with van der Waals surface area (Å²) in [4.78, 5) is 0. The first-order valence-electron chi connectivity index (χ1n) is 6.46. The van der Waals surface area contributed by atoms with Crippen molar-refractivity contribution in [1.29, 1.82) is 0 Å². The van der Waals surface area contributed by atoms with Crippen LogP contribution in [0.2, 0.25) is 0 Å². The minimum absolute atomic E-state index is 0.0357. The predicted octanol–water partition coefficient (Wildman–Crippen LogP) is 5.49. The first-order valence-corrected chi connectivity index (χ1v) is 7.69. The van der Waals surface area contributed by atoms with Gasteiger partial charge in [0.2, 0.25) is 0 Å². The van der Waals surface area contributed by atoms with Gasteiger partial charge in [-0.05, 0) is 36.0 Å². The normalized spacial score (nSPS) is 16.3. The van der Waals surface area contributed by atoms with Gasteiger partial charge in [-0.2, -0.15) is 0 Å². The van der Waals surface area contributed by atoms with E-state index in [4.69, 9.17) is 16.3 Å². The van der Waals surface area contributed by atoms with Crippen LogP contribution in [0.5, 0.6) is 5.75 Å². The average molecular weight is 332 g/mol. The van der Waals surface area contributed by atoms with Crippen LogP contribution in [0.3, 0.4) is 0 Å². The average Bonchev–Trinajstić information content (AvgIpc) is 2.71. The molecule has 1 aliphatic rings. The van der Waals surface area contributed by atoms with Crippen LogP contribution in [-0.2, 0) is 6.42 Å². The molecular weight excluding hydrogens is 312 g/mol. The molecule has 0 saturated heterocycles. The molecule has 18 heavy (non-hydrogen) atoms. The van der Waals surface area contributed by atoms with Crippen molar-refractivity contribution in [2.24, 2.45) is 5.41 Å². The number of alkyl halides is 1. The van der Waals surface area contributed by atoms with E-state index in [0.717, 1.165) is 41.7 Å². The van der Waals surface area contributed by atoms with E-state index in [2.05, 4.69) is 48.8 Å². The molecule has 0 bridgehead atoms. The van der Waals surface area contributed by atoms with E-state index < -0.39 is 0 Å². The second-order valence-electron chi connectivity index (χ2n) is 6.15. The van der Waals surface area contributed by atoms with Gasteiger partial charge in [-0.15, -0.1) is 11.6 Å². The predicted molar refractivity (Wildman–Crippen MR) is 80.6 cm³/mol. The Hall–Kier alpha value is -0.210. The van der Waals surface area contributed by atoms with Gasteiger partial charge >= 0.3 is 0 Å². The molecular formula is C15H20BrClO. The zero-order chi connectivity index (χ0) is 13.3. The molecule has 2 rings (SSSR count). The monoisotopic (exact) mass is 330 g/mol. The molecule has 1 aromatic rings. The minimum Gasteiger partial charge on any atom is -0.493 e. The molecule has 0 amide bonds. The smallest absolute Gasteiger partial charge is 0.127 e. The van der Waals surface area contributed by atoms with E-state index in [1.54, 1.807) is 0 Å². The van der Waals surface area contributed by atoms with Crippen LogP contribution in [0.4, 0.5) is 0 Å². The van der Waals surface area contributed by atoms with E-state index in [1.165, 1.54) is 5.56 Å². The van der Waals surface area contributed by atoms with Gasteiger partial charge in [0, 0.05) is 16.5 Å². The highest BCUT2D eigenvalue weighted by atomic mass is 79.9. The highest BCUT2D eigenvalue weighted by molar-refractivity contribution is 9.10. The maximum atomic E-state index is 6.57. The van der Waals surface area contributed by atoms with E-state index >= 15 is 0 Å². The van der Waals surface area contributed by atoms with Gasteiger partial charge in [-0.1, -0.05) is 36.7 Å². The van der Waals surface area contributed by atoms with E-state index in [0.29, 0.717) is 5.41 Å². The fourth-order valence-electron chi connectivity index (χ4n) is 2.25. The van der Waals surface area contributed by atoms with E-state index in [9.17, 15) is 0 Å². The molecule has 1 aliphatic heterocycles. The number of rotatable bonds is 3. The molecule has 1 heterocycles. The lowest BCUT2D eigenvalue weighted by Gasteiger charge is -2.21. The number of halogens is 2. The third-order valence-electron chi connectivity index (χ3n) is 3.26. The van der Waals surface area contributed by atoms with Gasteiger partial charge in [0.1, 0.15) is 5.75 Å². The standard InChI is InChI=1S/C15H20BrClO/c1-15(2,3)6-4-13(17)12-9-11(16)8-10-5-7-18-14(10)12/h8-9,13H,4-7H2,1-3H3. The van der Waals surface area contributed by atoms with E-state index in [-0.39, 0.29) is 5.38 Å². The van der Waals surface area contributed by atoms with Crippen LogP contribution in [0.1, 0.15) is 50.1 Å². The Kier molecular flexibility index (Phi) is 4.28. The van der Waals surface area contributed by atoms with Crippen molar-refractivity contribution in [2.45, 2.75) is 45.4 Å². The number of hydrogen-bond acceptors (Lipinski definition) is 1. The zero-order valence-electron chi connectivity index (χ0n) is 11.2. The Labute approximate surface area is 123 Å². The maximum Gasteiger partial charge on any atom is 0.127 e. The van der Waals surface area contributed by atoms with Gasteiger partial charge in [-0.25, -0.2) is 0 Å². The quantitative estimate of drug-likeness (QED) is 0.665. The summed E-state index contributed by atoms with van der Waals surface area (Å²) in [7, 11) is 0. The summed E-state index contributed by atoms with van der Waals surface area (Å²) in [6.07, 6.45) is 3.09. The Morgan fingerprint density at radius 1 is 1.39 bits per heavy atom. The Balaban J connectivity index is 2.18. The molecule has 1 unspecified atom stereocenters. The van der Waals surface area contributed by atoms with Crippen molar-refractivity contribution < 1.29 is 4.74 Å². The van der Waals surface area contributed by atoms with Crippen LogP contribution in [0.15, 0.2) is 16.6 Å². The molecule has 100 valence electrons. The molecule has 0 saturated carbocycles. The van der Waals surface area contributed by atoms with Crippen LogP contribution >= 0.6 is 27.5 Å². The molecule has 0 aromatic heterocycles. The van der Waals surface area contributed by atoms with Crippen LogP contribution < -0.4 is 4.74 Å². The van der Waals surface area contributed by atoms with Crippen molar-refractivity contribution in [2.75, 3.05) is 6.61 Å². The first-order chi connectivity index (χ1) is 8.37. The molecule has 0 radical (unpaired) electrons. The minimum atomic E-state index is 0.0357. The second-order valence-corrected chi connectivity index (χ2v) is 7.59. The largest absolute Gasteiger partial charge is 0.493 e. The summed E-state index contributed by atoms with van der Waals surface area (Å²) in [5.41, 5.74) is 2.74. The SMILES string of the molecule is CC(C)(C)CCC(Cl)c1cc(Br)cc2c1OCC2. The number of ether oxygens (including phenoxy) is 1. The zero-order valence-corrected chi connectivity index (χ0v) is 13.6. The van der Waals surface area contributed by atoms with Crippen molar-refractivity contribution in [3.63, 3.8) is 0 Å². The summed E-state index contributed by atoms with van der Waals surface area (Å²) in [5, 5.41) is 0.0357. The fourth-order valence-corrected chi connectivity index (χ4v) is 3.04. The number of fused-ring (bicyclic) bond motifs is 1. The molecule has 1 nitrogen and oxygen atoms in total. The highest BCUT2D eigenvalue weighted by Crippen LogP contribution is 2.41. The summed E-state index contributed by atoms with van der Waals surface area (Å²) >= 11 is 10.1. The summed E-state index contributed by atoms with van der Waals surface area (Å²) < 4.78 is 6.83. The lowest BCUT2D eigenvalue weighted by atomic mass is 9.88. The summed E-state index contributed by atoms with van der Waals surface area (Å²) in [6.45, 7) is 7.52. The Morgan fingerprint density at radius 3 is 2.78 bits per heavy atom. The fraction of sp³-hybridized carbons (Fsp3) is 0.600. The maximum absolute atomic E-state index is 6.57. The van der Waals surface area contributed by atoms with Crippen molar-refractivity contribution in [1.82, 2.24) is 0 Å². The molecule has 1 aromatic carbocycles. The lowest BCUT2D eigenvalue weighted by molar-refractivity contribution is 0.345. The van der Waals surface area contributed by atoms with Gasteiger partial charge in [0.05, 0.1) is 12.0 Å². The Morgan fingerprint density at radius 2 is 2.11 bits per heavy atom.